The lowest BCUT2D eigenvalue weighted by Crippen LogP contribution is -2.01. The molecule has 0 radical (unpaired) electrons. The molecule has 2 nitrogen and oxygen atoms in total. The summed E-state index contributed by atoms with van der Waals surface area (Å²) in [5.41, 5.74) is 1.32. The average Bonchev–Trinajstić information content (AvgIpc) is 2.81. The van der Waals surface area contributed by atoms with Crippen LogP contribution < -0.4 is 0 Å². The number of benzene rings is 1. The number of rotatable bonds is 3. The summed E-state index contributed by atoms with van der Waals surface area (Å²) in [6.07, 6.45) is 4.94. The van der Waals surface area contributed by atoms with Crippen molar-refractivity contribution in [1.29, 1.82) is 0 Å². The van der Waals surface area contributed by atoms with Crippen molar-refractivity contribution >= 4 is 17.5 Å². The predicted molar refractivity (Wildman–Crippen MR) is 60.4 cm³/mol. The fraction of sp³-hybridized carbons (Fsp3) is 0.0833. The van der Waals surface area contributed by atoms with Gasteiger partial charge in [0.25, 0.3) is 0 Å². The number of hydrogen-bond donors (Lipinski definition) is 0. The second-order valence-electron chi connectivity index (χ2n) is 3.04. The highest BCUT2D eigenvalue weighted by atomic mass is 32.2. The van der Waals surface area contributed by atoms with Crippen LogP contribution in [0, 0.1) is 0 Å². The minimum atomic E-state index is 0.00806. The van der Waals surface area contributed by atoms with Crippen molar-refractivity contribution in [3.05, 3.63) is 54.0 Å². The Morgan fingerprint density at radius 3 is 2.73 bits per heavy atom. The molecule has 0 aliphatic heterocycles. The third-order valence-electron chi connectivity index (χ3n) is 2.13. The maximum absolute atomic E-state index is 12.0. The predicted octanol–water partition coefficient (Wildman–Crippen LogP) is 3.23. The molecule has 0 fully saturated rings. The number of thioether (sulfide) groups is 1. The number of furan rings is 1. The fourth-order valence-corrected chi connectivity index (χ4v) is 1.98. The third-order valence-corrected chi connectivity index (χ3v) is 2.93. The van der Waals surface area contributed by atoms with E-state index >= 15 is 0 Å². The van der Waals surface area contributed by atoms with Crippen molar-refractivity contribution in [3.63, 3.8) is 0 Å². The van der Waals surface area contributed by atoms with Crippen LogP contribution in [0.3, 0.4) is 0 Å². The first-order valence-corrected chi connectivity index (χ1v) is 5.75. The first-order valence-electron chi connectivity index (χ1n) is 4.53. The lowest BCUT2D eigenvalue weighted by molar-refractivity contribution is 0.103. The highest BCUT2D eigenvalue weighted by Crippen LogP contribution is 2.22. The molecular weight excluding hydrogens is 208 g/mol. The van der Waals surface area contributed by atoms with Crippen molar-refractivity contribution < 1.29 is 9.21 Å². The summed E-state index contributed by atoms with van der Waals surface area (Å²) in [5, 5.41) is 0. The Labute approximate surface area is 92.3 Å². The molecule has 76 valence electrons. The molecule has 0 N–H and O–H groups in total. The summed E-state index contributed by atoms with van der Waals surface area (Å²) in [6, 6.07) is 9.25. The molecule has 0 atom stereocenters. The van der Waals surface area contributed by atoms with Crippen LogP contribution in [-0.4, -0.2) is 12.0 Å². The quantitative estimate of drug-likeness (QED) is 0.585. The maximum atomic E-state index is 12.0. The molecule has 2 aromatic rings. The van der Waals surface area contributed by atoms with Gasteiger partial charge in [0, 0.05) is 10.5 Å². The van der Waals surface area contributed by atoms with E-state index in [9.17, 15) is 4.79 Å². The first kappa shape index (κ1) is 10.1. The van der Waals surface area contributed by atoms with Gasteiger partial charge in [0.05, 0.1) is 11.8 Å². The molecule has 0 bridgehead atoms. The number of carbonyl (C=O) groups excluding carboxylic acids is 1. The van der Waals surface area contributed by atoms with Gasteiger partial charge in [-0.15, -0.1) is 11.8 Å². The van der Waals surface area contributed by atoms with Crippen LogP contribution in [0.2, 0.25) is 0 Å². The number of carbonyl (C=O) groups is 1. The molecule has 0 unspecified atom stereocenters. The standard InChI is InChI=1S/C12H10O2S/c1-15-11-5-3-2-4-10(11)12(13)9-6-7-14-8-9/h2-8H,1H3. The van der Waals surface area contributed by atoms with Gasteiger partial charge in [-0.05, 0) is 24.5 Å². The van der Waals surface area contributed by atoms with E-state index in [0.717, 1.165) is 10.5 Å². The monoisotopic (exact) mass is 218 g/mol. The maximum Gasteiger partial charge on any atom is 0.197 e. The summed E-state index contributed by atoms with van der Waals surface area (Å²) < 4.78 is 4.90. The molecule has 0 aliphatic carbocycles. The van der Waals surface area contributed by atoms with Gasteiger partial charge in [0.1, 0.15) is 6.26 Å². The van der Waals surface area contributed by atoms with E-state index in [1.54, 1.807) is 17.8 Å². The minimum absolute atomic E-state index is 0.00806. The zero-order chi connectivity index (χ0) is 10.7. The lowest BCUT2D eigenvalue weighted by atomic mass is 10.1. The number of hydrogen-bond acceptors (Lipinski definition) is 3. The van der Waals surface area contributed by atoms with Crippen LogP contribution in [-0.2, 0) is 0 Å². The van der Waals surface area contributed by atoms with Crippen LogP contribution in [0.15, 0.2) is 52.2 Å². The third kappa shape index (κ3) is 1.97. The van der Waals surface area contributed by atoms with Crippen LogP contribution in [0.25, 0.3) is 0 Å². The summed E-state index contributed by atoms with van der Waals surface area (Å²) >= 11 is 1.57. The average molecular weight is 218 g/mol. The summed E-state index contributed by atoms with van der Waals surface area (Å²) in [4.78, 5) is 13.0. The summed E-state index contributed by atoms with van der Waals surface area (Å²) in [7, 11) is 0. The largest absolute Gasteiger partial charge is 0.472 e. The van der Waals surface area contributed by atoms with Gasteiger partial charge in [0.2, 0.25) is 0 Å². The highest BCUT2D eigenvalue weighted by Gasteiger charge is 2.13. The van der Waals surface area contributed by atoms with Crippen LogP contribution in [0.5, 0.6) is 0 Å². The molecule has 0 saturated carbocycles. The smallest absolute Gasteiger partial charge is 0.197 e. The second-order valence-corrected chi connectivity index (χ2v) is 3.89. The van der Waals surface area contributed by atoms with Crippen molar-refractivity contribution in [2.75, 3.05) is 6.26 Å². The Kier molecular flexibility index (Phi) is 2.92. The van der Waals surface area contributed by atoms with Gasteiger partial charge in [-0.25, -0.2) is 0 Å². The molecule has 0 spiro atoms. The normalized spacial score (nSPS) is 10.2. The van der Waals surface area contributed by atoms with E-state index in [-0.39, 0.29) is 5.78 Å². The van der Waals surface area contributed by atoms with Crippen molar-refractivity contribution in [2.24, 2.45) is 0 Å². The van der Waals surface area contributed by atoms with E-state index in [4.69, 9.17) is 4.42 Å². The Morgan fingerprint density at radius 1 is 1.27 bits per heavy atom. The van der Waals surface area contributed by atoms with Crippen molar-refractivity contribution in [1.82, 2.24) is 0 Å². The Morgan fingerprint density at radius 2 is 2.07 bits per heavy atom. The lowest BCUT2D eigenvalue weighted by Gasteiger charge is -2.03. The Bertz CT molecular complexity index is 460. The van der Waals surface area contributed by atoms with Gasteiger partial charge in [-0.3, -0.25) is 4.79 Å². The molecule has 1 aromatic carbocycles. The molecule has 0 aliphatic rings. The minimum Gasteiger partial charge on any atom is -0.472 e. The van der Waals surface area contributed by atoms with Gasteiger partial charge in [-0.2, -0.15) is 0 Å². The number of ketones is 1. The zero-order valence-corrected chi connectivity index (χ0v) is 9.08. The van der Waals surface area contributed by atoms with Gasteiger partial charge in [0.15, 0.2) is 5.78 Å². The molecule has 15 heavy (non-hydrogen) atoms. The van der Waals surface area contributed by atoms with Crippen LogP contribution in [0.4, 0.5) is 0 Å². The van der Waals surface area contributed by atoms with E-state index < -0.39 is 0 Å². The molecule has 1 heterocycles. The highest BCUT2D eigenvalue weighted by molar-refractivity contribution is 7.98. The SMILES string of the molecule is CSc1ccccc1C(=O)c1ccoc1. The summed E-state index contributed by atoms with van der Waals surface area (Å²) in [6.45, 7) is 0. The van der Waals surface area contributed by atoms with E-state index in [2.05, 4.69) is 0 Å². The molecule has 3 heteroatoms. The van der Waals surface area contributed by atoms with Crippen LogP contribution in [0.1, 0.15) is 15.9 Å². The van der Waals surface area contributed by atoms with Gasteiger partial charge < -0.3 is 4.42 Å². The second kappa shape index (κ2) is 4.36. The van der Waals surface area contributed by atoms with E-state index in [1.165, 1.54) is 12.5 Å². The summed E-state index contributed by atoms with van der Waals surface area (Å²) in [5.74, 6) is 0.00806. The topological polar surface area (TPSA) is 30.2 Å². The van der Waals surface area contributed by atoms with E-state index in [0.29, 0.717) is 5.56 Å². The Hall–Kier alpha value is -1.48. The first-order chi connectivity index (χ1) is 7.33. The van der Waals surface area contributed by atoms with Crippen molar-refractivity contribution in [2.45, 2.75) is 4.90 Å². The fourth-order valence-electron chi connectivity index (χ4n) is 1.38. The molecule has 1 aromatic heterocycles. The molecule has 0 saturated heterocycles. The van der Waals surface area contributed by atoms with Gasteiger partial charge in [-0.1, -0.05) is 12.1 Å². The molecular formula is C12H10O2S. The van der Waals surface area contributed by atoms with E-state index in [1.807, 2.05) is 30.5 Å². The Balaban J connectivity index is 2.42. The van der Waals surface area contributed by atoms with Crippen LogP contribution >= 0.6 is 11.8 Å². The molecule has 0 amide bonds. The van der Waals surface area contributed by atoms with Gasteiger partial charge >= 0.3 is 0 Å². The zero-order valence-electron chi connectivity index (χ0n) is 8.27. The molecule has 2 rings (SSSR count). The van der Waals surface area contributed by atoms with Crippen molar-refractivity contribution in [3.8, 4) is 0 Å².